The molecule has 3 aromatic heterocycles. The minimum atomic E-state index is 0.118. The molecule has 0 saturated carbocycles. The smallest absolute Gasteiger partial charge is 0.174 e. The summed E-state index contributed by atoms with van der Waals surface area (Å²) >= 11 is 3.69. The molecule has 0 bridgehead atoms. The second kappa shape index (κ2) is 6.81. The molecule has 1 fully saturated rings. The topological polar surface area (TPSA) is 37.2 Å². The predicted octanol–water partition coefficient (Wildman–Crippen LogP) is 3.81. The van der Waals surface area contributed by atoms with E-state index < -0.39 is 0 Å². The molecular weight excluding hydrogens is 374 g/mol. The van der Waals surface area contributed by atoms with E-state index in [1.54, 1.807) is 11.3 Å². The van der Waals surface area contributed by atoms with Crippen molar-refractivity contribution in [2.45, 2.75) is 38.4 Å². The number of thiophene rings is 2. The van der Waals surface area contributed by atoms with Crippen molar-refractivity contribution < 1.29 is 0 Å². The Bertz CT molecular complexity index is 918. The molecule has 27 heavy (non-hydrogen) atoms. The molecule has 0 N–H and O–H groups in total. The molecular formula is C20H25N5S2. The number of hydrogen-bond acceptors (Lipinski definition) is 6. The normalized spacial score (nSPS) is 20.2. The van der Waals surface area contributed by atoms with Crippen LogP contribution in [0.3, 0.4) is 0 Å². The van der Waals surface area contributed by atoms with Crippen molar-refractivity contribution in [3.05, 3.63) is 45.2 Å². The molecule has 0 aliphatic carbocycles. The Morgan fingerprint density at radius 3 is 2.70 bits per heavy atom. The van der Waals surface area contributed by atoms with Crippen molar-refractivity contribution in [1.29, 1.82) is 0 Å². The number of nitrogens with zero attached hydrogens (tertiary/aromatic N) is 5. The maximum atomic E-state index is 4.60. The van der Waals surface area contributed by atoms with Crippen LogP contribution in [0.25, 0.3) is 10.7 Å². The molecule has 0 unspecified atom stereocenters. The van der Waals surface area contributed by atoms with Gasteiger partial charge in [-0.2, -0.15) is 0 Å². The number of likely N-dealkylation sites (N-methyl/N-ethyl adjacent to an activating group) is 1. The highest BCUT2D eigenvalue weighted by molar-refractivity contribution is 7.13. The summed E-state index contributed by atoms with van der Waals surface area (Å²) in [5, 5.41) is 11.3. The zero-order valence-electron chi connectivity index (χ0n) is 15.9. The first kappa shape index (κ1) is 17.6. The standard InChI is InChI=1S/C20H25N5S2/c1-15-5-6-16(27-15)12-24-9-7-20(8-10-24)14-23(2)13-18-21-22-19(25(18)20)17-4-3-11-26-17/h3-6,11H,7-10,12-14H2,1-2H3. The van der Waals surface area contributed by atoms with Crippen molar-refractivity contribution >= 4 is 22.7 Å². The number of aromatic nitrogens is 3. The van der Waals surface area contributed by atoms with Gasteiger partial charge in [0.1, 0.15) is 5.82 Å². The predicted molar refractivity (Wildman–Crippen MR) is 111 cm³/mol. The molecule has 1 saturated heterocycles. The Morgan fingerprint density at radius 1 is 1.15 bits per heavy atom. The first-order chi connectivity index (χ1) is 13.1. The van der Waals surface area contributed by atoms with Crippen molar-refractivity contribution in [2.75, 3.05) is 26.7 Å². The molecule has 5 rings (SSSR count). The molecule has 0 aromatic carbocycles. The zero-order valence-corrected chi connectivity index (χ0v) is 17.5. The van der Waals surface area contributed by atoms with E-state index in [9.17, 15) is 0 Å². The molecule has 5 nitrogen and oxygen atoms in total. The van der Waals surface area contributed by atoms with Crippen LogP contribution >= 0.6 is 22.7 Å². The lowest BCUT2D eigenvalue weighted by Crippen LogP contribution is -2.55. The number of aryl methyl sites for hydroxylation is 1. The van der Waals surface area contributed by atoms with E-state index in [1.807, 2.05) is 11.3 Å². The second-order valence-corrected chi connectivity index (χ2v) is 10.3. The van der Waals surface area contributed by atoms with Gasteiger partial charge < -0.3 is 4.57 Å². The van der Waals surface area contributed by atoms with Crippen LogP contribution in [0.2, 0.25) is 0 Å². The third-order valence-electron chi connectivity index (χ3n) is 5.88. The first-order valence-electron chi connectivity index (χ1n) is 9.58. The Kier molecular flexibility index (Phi) is 4.43. The third kappa shape index (κ3) is 3.16. The van der Waals surface area contributed by atoms with Crippen LogP contribution in [-0.4, -0.2) is 51.2 Å². The number of piperidine rings is 1. The highest BCUT2D eigenvalue weighted by Crippen LogP contribution is 2.40. The molecule has 2 aliphatic heterocycles. The van der Waals surface area contributed by atoms with Gasteiger partial charge in [-0.3, -0.25) is 9.80 Å². The van der Waals surface area contributed by atoms with Gasteiger partial charge in [0.25, 0.3) is 0 Å². The van der Waals surface area contributed by atoms with Gasteiger partial charge >= 0.3 is 0 Å². The van der Waals surface area contributed by atoms with Crippen LogP contribution in [-0.2, 0) is 18.6 Å². The van der Waals surface area contributed by atoms with Crippen molar-refractivity contribution in [2.24, 2.45) is 0 Å². The number of hydrogen-bond donors (Lipinski definition) is 0. The molecule has 2 aliphatic rings. The molecule has 7 heteroatoms. The van der Waals surface area contributed by atoms with E-state index in [-0.39, 0.29) is 5.54 Å². The van der Waals surface area contributed by atoms with E-state index in [1.165, 1.54) is 14.6 Å². The van der Waals surface area contributed by atoms with Crippen LogP contribution in [0.15, 0.2) is 29.6 Å². The average molecular weight is 400 g/mol. The molecule has 1 spiro atoms. The third-order valence-corrected chi connectivity index (χ3v) is 7.74. The SMILES string of the molecule is Cc1ccc(CN2CCC3(CC2)CN(C)Cc2nnc(-c4cccs4)n23)s1. The summed E-state index contributed by atoms with van der Waals surface area (Å²) in [6.07, 6.45) is 2.32. The van der Waals surface area contributed by atoms with Gasteiger partial charge in [-0.1, -0.05) is 6.07 Å². The van der Waals surface area contributed by atoms with Crippen LogP contribution in [0.1, 0.15) is 28.4 Å². The molecule has 3 aromatic rings. The number of fused-ring (bicyclic) bond motifs is 2. The lowest BCUT2D eigenvalue weighted by atomic mass is 9.84. The monoisotopic (exact) mass is 399 g/mol. The maximum absolute atomic E-state index is 4.60. The van der Waals surface area contributed by atoms with Crippen LogP contribution in [0.5, 0.6) is 0 Å². The Hall–Kier alpha value is -1.54. The summed E-state index contributed by atoms with van der Waals surface area (Å²) in [6.45, 7) is 7.51. The van der Waals surface area contributed by atoms with Crippen molar-refractivity contribution in [3.63, 3.8) is 0 Å². The fraction of sp³-hybridized carbons (Fsp3) is 0.500. The quantitative estimate of drug-likeness (QED) is 0.671. The van der Waals surface area contributed by atoms with Crippen molar-refractivity contribution in [3.8, 4) is 10.7 Å². The number of likely N-dealkylation sites (tertiary alicyclic amines) is 1. The fourth-order valence-corrected chi connectivity index (χ4v) is 6.28. The van der Waals surface area contributed by atoms with Crippen LogP contribution < -0.4 is 0 Å². The number of rotatable bonds is 3. The second-order valence-electron chi connectivity index (χ2n) is 7.94. The minimum Gasteiger partial charge on any atom is -0.302 e. The summed E-state index contributed by atoms with van der Waals surface area (Å²) in [4.78, 5) is 9.14. The van der Waals surface area contributed by atoms with E-state index in [0.717, 1.165) is 57.2 Å². The molecule has 0 amide bonds. The van der Waals surface area contributed by atoms with E-state index in [4.69, 9.17) is 0 Å². The summed E-state index contributed by atoms with van der Waals surface area (Å²) in [5.74, 6) is 2.19. The molecule has 0 radical (unpaired) electrons. The Morgan fingerprint density at radius 2 is 2.00 bits per heavy atom. The van der Waals surface area contributed by atoms with Gasteiger partial charge in [0.05, 0.1) is 17.0 Å². The summed E-state index contributed by atoms with van der Waals surface area (Å²) in [6, 6.07) is 8.79. The summed E-state index contributed by atoms with van der Waals surface area (Å²) in [7, 11) is 2.21. The Labute approximate surface area is 168 Å². The summed E-state index contributed by atoms with van der Waals surface area (Å²) in [5.41, 5.74) is 0.118. The zero-order chi connectivity index (χ0) is 18.4. The fourth-order valence-electron chi connectivity index (χ4n) is 4.65. The largest absolute Gasteiger partial charge is 0.302 e. The first-order valence-corrected chi connectivity index (χ1v) is 11.3. The highest BCUT2D eigenvalue weighted by atomic mass is 32.1. The lowest BCUT2D eigenvalue weighted by Gasteiger charge is -2.48. The highest BCUT2D eigenvalue weighted by Gasteiger charge is 2.43. The maximum Gasteiger partial charge on any atom is 0.174 e. The summed E-state index contributed by atoms with van der Waals surface area (Å²) < 4.78 is 2.49. The van der Waals surface area contributed by atoms with E-state index in [2.05, 4.69) is 68.2 Å². The molecule has 0 atom stereocenters. The van der Waals surface area contributed by atoms with Gasteiger partial charge in [0, 0.05) is 35.9 Å². The Balaban J connectivity index is 1.42. The minimum absolute atomic E-state index is 0.118. The van der Waals surface area contributed by atoms with Crippen LogP contribution in [0.4, 0.5) is 0 Å². The van der Waals surface area contributed by atoms with Crippen LogP contribution in [0, 0.1) is 6.92 Å². The molecule has 5 heterocycles. The van der Waals surface area contributed by atoms with Gasteiger partial charge in [-0.25, -0.2) is 0 Å². The van der Waals surface area contributed by atoms with E-state index >= 15 is 0 Å². The van der Waals surface area contributed by atoms with Gasteiger partial charge in [-0.15, -0.1) is 32.9 Å². The molecule has 142 valence electrons. The van der Waals surface area contributed by atoms with Gasteiger partial charge in [0.2, 0.25) is 0 Å². The van der Waals surface area contributed by atoms with Crippen molar-refractivity contribution in [1.82, 2.24) is 24.6 Å². The van der Waals surface area contributed by atoms with Gasteiger partial charge in [0.15, 0.2) is 5.82 Å². The van der Waals surface area contributed by atoms with Gasteiger partial charge in [-0.05, 0) is 50.4 Å². The van der Waals surface area contributed by atoms with E-state index in [0.29, 0.717) is 0 Å². The average Bonchev–Trinajstić information content (AvgIpc) is 3.37. The lowest BCUT2D eigenvalue weighted by molar-refractivity contribution is 0.0494.